The lowest BCUT2D eigenvalue weighted by atomic mass is 9.99. The molecule has 6 rings (SSSR count). The van der Waals surface area contributed by atoms with Crippen LogP contribution in [0.4, 0.5) is 8.78 Å². The van der Waals surface area contributed by atoms with Gasteiger partial charge in [0.25, 0.3) is 6.43 Å². The third-order valence-electron chi connectivity index (χ3n) is 7.94. The first-order chi connectivity index (χ1) is 18.5. The standard InChI is InChI=1S/C28H30F2N6O2S/c1-16-28(37)34(2)15-23-25(33-27(36(16)23)17-8-10-39(4,38)11-9-17)19-6-5-7-22-20(19)12-21(26(29)30)24(32-22)18-13-31-35(3)14-18/h5-7,12-14,16-17,26H,4,8-11,15H2,1-3H3/t16-,17?,39?/m0/s1. The Morgan fingerprint density at radius 3 is 2.54 bits per heavy atom. The molecular weight excluding hydrogens is 522 g/mol. The number of nitrogens with zero attached hydrogens (tertiary/aromatic N) is 6. The van der Waals surface area contributed by atoms with Gasteiger partial charge >= 0.3 is 0 Å². The minimum absolute atomic E-state index is 0.00912. The quantitative estimate of drug-likeness (QED) is 0.347. The van der Waals surface area contributed by atoms with E-state index in [9.17, 15) is 17.8 Å². The number of imidazole rings is 1. The van der Waals surface area contributed by atoms with Gasteiger partial charge in [-0.3, -0.25) is 13.7 Å². The van der Waals surface area contributed by atoms with E-state index in [0.29, 0.717) is 58.6 Å². The van der Waals surface area contributed by atoms with E-state index >= 15 is 0 Å². The van der Waals surface area contributed by atoms with Crippen LogP contribution in [0.2, 0.25) is 0 Å². The Morgan fingerprint density at radius 1 is 1.13 bits per heavy atom. The van der Waals surface area contributed by atoms with Crippen molar-refractivity contribution in [1.29, 1.82) is 0 Å². The smallest absolute Gasteiger partial charge is 0.265 e. The summed E-state index contributed by atoms with van der Waals surface area (Å²) < 4.78 is 44.8. The zero-order valence-corrected chi connectivity index (χ0v) is 22.9. The molecule has 1 saturated heterocycles. The van der Waals surface area contributed by atoms with E-state index in [1.165, 1.54) is 12.3 Å². The SMILES string of the molecule is C=S1(=O)CCC(c2nc(-c3cccc4nc(-c5cnn(C)c5)c(C(F)F)cc34)c3n2[C@@H](C)C(=O)N(C)C3)CC1. The minimum Gasteiger partial charge on any atom is -0.338 e. The molecule has 2 aliphatic heterocycles. The molecule has 11 heteroatoms. The van der Waals surface area contributed by atoms with Gasteiger partial charge in [-0.1, -0.05) is 12.1 Å². The van der Waals surface area contributed by atoms with Crippen molar-refractivity contribution >= 4 is 32.2 Å². The van der Waals surface area contributed by atoms with Crippen molar-refractivity contribution in [1.82, 2.24) is 29.2 Å². The van der Waals surface area contributed by atoms with Gasteiger partial charge < -0.3 is 9.47 Å². The summed E-state index contributed by atoms with van der Waals surface area (Å²) in [5.74, 6) is 5.74. The number of alkyl halides is 2. The number of hydrogen-bond donors (Lipinski definition) is 0. The van der Waals surface area contributed by atoms with E-state index in [1.807, 2.05) is 29.7 Å². The number of halogens is 2. The summed E-state index contributed by atoms with van der Waals surface area (Å²) in [4.78, 5) is 24.4. The first-order valence-electron chi connectivity index (χ1n) is 12.9. The van der Waals surface area contributed by atoms with Crippen molar-refractivity contribution in [3.05, 3.63) is 53.7 Å². The summed E-state index contributed by atoms with van der Waals surface area (Å²) in [5.41, 5.74) is 3.35. The van der Waals surface area contributed by atoms with Crippen LogP contribution in [0.3, 0.4) is 0 Å². The monoisotopic (exact) mass is 552 g/mol. The lowest BCUT2D eigenvalue weighted by Crippen LogP contribution is -2.40. The zero-order chi connectivity index (χ0) is 27.6. The number of carbonyl (C=O) groups excluding carboxylic acids is 1. The third kappa shape index (κ3) is 4.32. The molecule has 0 saturated carbocycles. The molecule has 8 nitrogen and oxygen atoms in total. The largest absolute Gasteiger partial charge is 0.338 e. The number of benzene rings is 1. The fourth-order valence-electron chi connectivity index (χ4n) is 5.88. The Labute approximate surface area is 225 Å². The molecule has 2 aliphatic rings. The topological polar surface area (TPSA) is 85.9 Å². The molecule has 39 heavy (non-hydrogen) atoms. The van der Waals surface area contributed by atoms with E-state index in [4.69, 9.17) is 4.98 Å². The second-order valence-corrected chi connectivity index (χ2v) is 13.4. The fourth-order valence-corrected chi connectivity index (χ4v) is 7.51. The first-order valence-corrected chi connectivity index (χ1v) is 15.0. The molecule has 1 fully saturated rings. The number of fused-ring (bicyclic) bond motifs is 2. The average molecular weight is 553 g/mol. The van der Waals surface area contributed by atoms with E-state index in [2.05, 4.69) is 16.0 Å². The van der Waals surface area contributed by atoms with Gasteiger partial charge in [0.1, 0.15) is 11.9 Å². The minimum atomic E-state index is -2.74. The molecule has 5 heterocycles. The lowest BCUT2D eigenvalue weighted by molar-refractivity contribution is -0.135. The van der Waals surface area contributed by atoms with Crippen LogP contribution < -0.4 is 0 Å². The van der Waals surface area contributed by atoms with Crippen molar-refractivity contribution < 1.29 is 17.8 Å². The van der Waals surface area contributed by atoms with Crippen LogP contribution in [0.25, 0.3) is 33.4 Å². The number of amides is 1. The molecule has 0 N–H and O–H groups in total. The number of aromatic nitrogens is 5. The number of hydrogen-bond acceptors (Lipinski definition) is 5. The lowest BCUT2D eigenvalue weighted by Gasteiger charge is -2.33. The van der Waals surface area contributed by atoms with Gasteiger partial charge in [-0.25, -0.2) is 18.7 Å². The zero-order valence-electron chi connectivity index (χ0n) is 22.1. The number of likely N-dealkylation sites (N-methyl/N-ethyl adjacent to an activating group) is 1. The number of rotatable bonds is 4. The summed E-state index contributed by atoms with van der Waals surface area (Å²) in [6, 6.07) is 6.59. The second kappa shape index (κ2) is 9.25. The molecule has 0 radical (unpaired) electrons. The Bertz CT molecular complexity index is 1710. The van der Waals surface area contributed by atoms with Crippen molar-refractivity contribution in [2.24, 2.45) is 7.05 Å². The van der Waals surface area contributed by atoms with Gasteiger partial charge in [0, 0.05) is 59.8 Å². The van der Waals surface area contributed by atoms with Gasteiger partial charge in [-0.05, 0) is 47.3 Å². The highest BCUT2D eigenvalue weighted by molar-refractivity contribution is 8.00. The van der Waals surface area contributed by atoms with Gasteiger partial charge in [0.05, 0.1) is 35.3 Å². The van der Waals surface area contributed by atoms with Crippen molar-refractivity contribution in [3.63, 3.8) is 0 Å². The fraction of sp³-hybridized carbons (Fsp3) is 0.393. The van der Waals surface area contributed by atoms with Crippen molar-refractivity contribution in [3.8, 4) is 22.5 Å². The van der Waals surface area contributed by atoms with E-state index in [1.54, 1.807) is 29.9 Å². The van der Waals surface area contributed by atoms with Crippen molar-refractivity contribution in [2.75, 3.05) is 18.6 Å². The molecule has 1 atom stereocenters. The number of aryl methyl sites for hydroxylation is 1. The van der Waals surface area contributed by atoms with E-state index < -0.39 is 22.0 Å². The molecular formula is C28H30F2N6O2S. The van der Waals surface area contributed by atoms with E-state index in [-0.39, 0.29) is 23.1 Å². The highest BCUT2D eigenvalue weighted by atomic mass is 32.2. The Morgan fingerprint density at radius 2 is 1.87 bits per heavy atom. The van der Waals surface area contributed by atoms with Crippen LogP contribution in [0.15, 0.2) is 36.7 Å². The maximum absolute atomic E-state index is 14.4. The first kappa shape index (κ1) is 25.7. The molecule has 1 amide bonds. The molecule has 0 unspecified atom stereocenters. The number of carbonyl (C=O) groups is 1. The Kier molecular flexibility index (Phi) is 6.09. The molecule has 0 bridgehead atoms. The molecule has 0 spiro atoms. The molecule has 1 aromatic carbocycles. The number of pyridine rings is 1. The van der Waals surface area contributed by atoms with Crippen molar-refractivity contribution in [2.45, 2.75) is 44.7 Å². The van der Waals surface area contributed by atoms with Gasteiger partial charge in [-0.15, -0.1) is 0 Å². The van der Waals surface area contributed by atoms with Crippen LogP contribution >= 0.6 is 0 Å². The second-order valence-electron chi connectivity index (χ2n) is 10.7. The van der Waals surface area contributed by atoms with Crippen LogP contribution in [0, 0.1) is 0 Å². The summed E-state index contributed by atoms with van der Waals surface area (Å²) in [7, 11) is 1.40. The van der Waals surface area contributed by atoms with Gasteiger partial charge in [0.15, 0.2) is 0 Å². The van der Waals surface area contributed by atoms with Crippen LogP contribution in [-0.4, -0.2) is 63.8 Å². The maximum Gasteiger partial charge on any atom is 0.265 e. The maximum atomic E-state index is 14.4. The van der Waals surface area contributed by atoms with Gasteiger partial charge in [-0.2, -0.15) is 5.10 Å². The molecule has 3 aromatic heterocycles. The predicted octanol–water partition coefficient (Wildman–Crippen LogP) is 4.56. The Balaban J connectivity index is 1.56. The Hall–Kier alpha value is -3.60. The summed E-state index contributed by atoms with van der Waals surface area (Å²) in [6.07, 6.45) is 1.82. The van der Waals surface area contributed by atoms with Gasteiger partial charge in [0.2, 0.25) is 5.91 Å². The normalized spacial score (nSPS) is 23.5. The van der Waals surface area contributed by atoms with Crippen LogP contribution in [0.1, 0.15) is 55.2 Å². The molecule has 4 aromatic rings. The van der Waals surface area contributed by atoms with Crippen LogP contribution in [0.5, 0.6) is 0 Å². The summed E-state index contributed by atoms with van der Waals surface area (Å²) in [6.45, 7) is 2.22. The summed E-state index contributed by atoms with van der Waals surface area (Å²) >= 11 is 0. The highest BCUT2D eigenvalue weighted by Gasteiger charge is 2.36. The van der Waals surface area contributed by atoms with Crippen LogP contribution in [-0.2, 0) is 27.9 Å². The summed E-state index contributed by atoms with van der Waals surface area (Å²) in [5, 5.41) is 4.70. The molecule has 0 aliphatic carbocycles. The highest BCUT2D eigenvalue weighted by Crippen LogP contribution is 2.41. The van der Waals surface area contributed by atoms with E-state index in [0.717, 1.165) is 11.5 Å². The average Bonchev–Trinajstić information content (AvgIpc) is 3.50. The predicted molar refractivity (Wildman–Crippen MR) is 148 cm³/mol. The third-order valence-corrected chi connectivity index (χ3v) is 9.90. The molecule has 204 valence electrons.